The minimum atomic E-state index is -0.744. The van der Waals surface area contributed by atoms with Crippen LogP contribution < -0.4 is 0 Å². The van der Waals surface area contributed by atoms with Crippen LogP contribution in [0.5, 0.6) is 0 Å². The molecule has 1 saturated heterocycles. The topological polar surface area (TPSA) is 60.8 Å². The van der Waals surface area contributed by atoms with Gasteiger partial charge in [-0.25, -0.2) is 0 Å². The van der Waals surface area contributed by atoms with Gasteiger partial charge in [0.15, 0.2) is 0 Å². The number of hydrogen-bond donors (Lipinski definition) is 2. The van der Waals surface area contributed by atoms with Crippen molar-refractivity contribution in [2.24, 2.45) is 0 Å². The lowest BCUT2D eigenvalue weighted by molar-refractivity contribution is -0.148. The zero-order valence-corrected chi connectivity index (χ0v) is 10.6. The van der Waals surface area contributed by atoms with Gasteiger partial charge in [-0.3, -0.25) is 9.69 Å². The van der Waals surface area contributed by atoms with Gasteiger partial charge < -0.3 is 10.2 Å². The number of hydrogen-bond acceptors (Lipinski definition) is 3. The molecule has 4 nitrogen and oxygen atoms in total. The molecule has 0 spiro atoms. The minimum Gasteiger partial charge on any atom is -0.480 e. The number of aliphatic carboxylic acids is 1. The molecule has 1 aliphatic heterocycles. The molecule has 18 heavy (non-hydrogen) atoms. The maximum atomic E-state index is 11.3. The number of likely N-dealkylation sites (tertiary alicyclic amines) is 1. The number of carbonyl (C=O) groups is 1. The molecule has 0 saturated carbocycles. The maximum Gasteiger partial charge on any atom is 0.323 e. The van der Waals surface area contributed by atoms with E-state index in [1.807, 2.05) is 29.2 Å². The van der Waals surface area contributed by atoms with E-state index in [1.54, 1.807) is 6.92 Å². The van der Waals surface area contributed by atoms with Gasteiger partial charge in [0.05, 0.1) is 6.61 Å². The van der Waals surface area contributed by atoms with Crippen LogP contribution in [-0.4, -0.2) is 33.2 Å². The van der Waals surface area contributed by atoms with E-state index in [0.29, 0.717) is 13.0 Å². The van der Waals surface area contributed by atoms with E-state index in [2.05, 4.69) is 0 Å². The Morgan fingerprint density at radius 3 is 2.50 bits per heavy atom. The van der Waals surface area contributed by atoms with Crippen molar-refractivity contribution in [1.82, 2.24) is 4.90 Å². The van der Waals surface area contributed by atoms with E-state index < -0.39 is 11.5 Å². The number of carboxylic acid groups (broad SMARTS) is 1. The fourth-order valence-electron chi connectivity index (χ4n) is 2.49. The second kappa shape index (κ2) is 5.08. The Bertz CT molecular complexity index is 429. The molecule has 0 radical (unpaired) electrons. The lowest BCUT2D eigenvalue weighted by Gasteiger charge is -2.31. The molecule has 1 atom stereocenters. The lowest BCUT2D eigenvalue weighted by Crippen LogP contribution is -2.47. The largest absolute Gasteiger partial charge is 0.480 e. The molecule has 1 aromatic rings. The van der Waals surface area contributed by atoms with E-state index in [4.69, 9.17) is 5.11 Å². The highest BCUT2D eigenvalue weighted by Crippen LogP contribution is 2.30. The third kappa shape index (κ3) is 2.40. The first-order chi connectivity index (χ1) is 8.56. The fraction of sp³-hybridized carbons (Fsp3) is 0.500. The summed E-state index contributed by atoms with van der Waals surface area (Å²) in [4.78, 5) is 13.4. The first-order valence-corrected chi connectivity index (χ1v) is 6.23. The number of aliphatic hydroxyl groups excluding tert-OH is 1. The monoisotopic (exact) mass is 249 g/mol. The Morgan fingerprint density at radius 2 is 1.94 bits per heavy atom. The van der Waals surface area contributed by atoms with Crippen molar-refractivity contribution in [2.75, 3.05) is 6.54 Å². The molecule has 4 heteroatoms. The molecule has 1 fully saturated rings. The number of rotatable bonds is 4. The molecular weight excluding hydrogens is 230 g/mol. The van der Waals surface area contributed by atoms with Crippen molar-refractivity contribution >= 4 is 5.97 Å². The van der Waals surface area contributed by atoms with Crippen LogP contribution in [-0.2, 0) is 17.9 Å². The Hall–Kier alpha value is -1.39. The predicted octanol–water partition coefficient (Wildman–Crippen LogP) is 1.62. The van der Waals surface area contributed by atoms with Crippen molar-refractivity contribution in [1.29, 1.82) is 0 Å². The molecule has 1 unspecified atom stereocenters. The summed E-state index contributed by atoms with van der Waals surface area (Å²) in [5, 5.41) is 18.3. The first kappa shape index (κ1) is 13.1. The SMILES string of the molecule is CC1(C(=O)O)CCCN1Cc1ccc(CO)cc1. The van der Waals surface area contributed by atoms with E-state index >= 15 is 0 Å². The van der Waals surface area contributed by atoms with E-state index in [9.17, 15) is 9.90 Å². The summed E-state index contributed by atoms with van der Waals surface area (Å²) in [6.45, 7) is 3.31. The molecule has 2 N–H and O–H groups in total. The lowest BCUT2D eigenvalue weighted by atomic mass is 9.98. The van der Waals surface area contributed by atoms with Crippen LogP contribution in [0.2, 0.25) is 0 Å². The van der Waals surface area contributed by atoms with Crippen molar-refractivity contribution < 1.29 is 15.0 Å². The van der Waals surface area contributed by atoms with Gasteiger partial charge in [0.25, 0.3) is 0 Å². The summed E-state index contributed by atoms with van der Waals surface area (Å²) in [6, 6.07) is 7.66. The van der Waals surface area contributed by atoms with Gasteiger partial charge in [0, 0.05) is 6.54 Å². The van der Waals surface area contributed by atoms with E-state index in [-0.39, 0.29) is 6.61 Å². The smallest absolute Gasteiger partial charge is 0.323 e. The Morgan fingerprint density at radius 1 is 1.33 bits per heavy atom. The zero-order chi connectivity index (χ0) is 13.2. The van der Waals surface area contributed by atoms with Gasteiger partial charge in [0.2, 0.25) is 0 Å². The van der Waals surface area contributed by atoms with Crippen LogP contribution in [0.3, 0.4) is 0 Å². The fourth-order valence-corrected chi connectivity index (χ4v) is 2.49. The highest BCUT2D eigenvalue weighted by molar-refractivity contribution is 5.78. The second-order valence-corrected chi connectivity index (χ2v) is 5.08. The Labute approximate surface area is 107 Å². The number of carboxylic acids is 1. The van der Waals surface area contributed by atoms with Crippen LogP contribution >= 0.6 is 0 Å². The standard InChI is InChI=1S/C14H19NO3/c1-14(13(17)18)7-2-8-15(14)9-11-3-5-12(10-16)6-4-11/h3-6,16H,2,7-10H2,1H3,(H,17,18). The molecule has 0 amide bonds. The summed E-state index contributed by atoms with van der Waals surface area (Å²) in [6.07, 6.45) is 1.63. The molecule has 2 rings (SSSR count). The molecule has 1 aliphatic rings. The van der Waals surface area contributed by atoms with Gasteiger partial charge in [-0.05, 0) is 37.4 Å². The maximum absolute atomic E-state index is 11.3. The van der Waals surface area contributed by atoms with Gasteiger partial charge in [0.1, 0.15) is 5.54 Å². The molecule has 1 heterocycles. The highest BCUT2D eigenvalue weighted by Gasteiger charge is 2.42. The molecule has 1 aromatic carbocycles. The molecule has 0 aliphatic carbocycles. The number of benzene rings is 1. The van der Waals surface area contributed by atoms with Gasteiger partial charge in [-0.15, -0.1) is 0 Å². The quantitative estimate of drug-likeness (QED) is 0.851. The Kier molecular flexibility index (Phi) is 3.68. The summed E-state index contributed by atoms with van der Waals surface area (Å²) < 4.78 is 0. The first-order valence-electron chi connectivity index (χ1n) is 6.23. The van der Waals surface area contributed by atoms with Gasteiger partial charge in [-0.1, -0.05) is 24.3 Å². The summed E-state index contributed by atoms with van der Waals surface area (Å²) in [5.74, 6) is -0.744. The second-order valence-electron chi connectivity index (χ2n) is 5.08. The van der Waals surface area contributed by atoms with Crippen molar-refractivity contribution in [2.45, 2.75) is 38.5 Å². The minimum absolute atomic E-state index is 0.0385. The van der Waals surface area contributed by atoms with Crippen molar-refractivity contribution in [3.8, 4) is 0 Å². The van der Waals surface area contributed by atoms with Gasteiger partial charge >= 0.3 is 5.97 Å². The molecule has 98 valence electrons. The number of nitrogens with zero attached hydrogens (tertiary/aromatic N) is 1. The Balaban J connectivity index is 2.10. The van der Waals surface area contributed by atoms with E-state index in [0.717, 1.165) is 24.1 Å². The molecule has 0 aromatic heterocycles. The van der Waals surface area contributed by atoms with Crippen LogP contribution in [0.4, 0.5) is 0 Å². The summed E-state index contributed by atoms with van der Waals surface area (Å²) in [7, 11) is 0. The molecule has 0 bridgehead atoms. The predicted molar refractivity (Wildman–Crippen MR) is 68.0 cm³/mol. The average Bonchev–Trinajstić information content (AvgIpc) is 2.73. The number of aliphatic hydroxyl groups is 1. The highest BCUT2D eigenvalue weighted by atomic mass is 16.4. The normalized spacial score (nSPS) is 24.3. The van der Waals surface area contributed by atoms with Crippen LogP contribution in [0.25, 0.3) is 0 Å². The van der Waals surface area contributed by atoms with Gasteiger partial charge in [-0.2, -0.15) is 0 Å². The summed E-state index contributed by atoms with van der Waals surface area (Å²) >= 11 is 0. The van der Waals surface area contributed by atoms with Crippen molar-refractivity contribution in [3.05, 3.63) is 35.4 Å². The third-order valence-corrected chi connectivity index (χ3v) is 3.83. The zero-order valence-electron chi connectivity index (χ0n) is 10.6. The van der Waals surface area contributed by atoms with Crippen LogP contribution in [0.1, 0.15) is 30.9 Å². The average molecular weight is 249 g/mol. The third-order valence-electron chi connectivity index (χ3n) is 3.83. The van der Waals surface area contributed by atoms with Crippen LogP contribution in [0.15, 0.2) is 24.3 Å². The van der Waals surface area contributed by atoms with E-state index in [1.165, 1.54) is 0 Å². The van der Waals surface area contributed by atoms with Crippen LogP contribution in [0, 0.1) is 0 Å². The summed E-state index contributed by atoms with van der Waals surface area (Å²) in [5.41, 5.74) is 1.22. The molecular formula is C14H19NO3. The van der Waals surface area contributed by atoms with Crippen molar-refractivity contribution in [3.63, 3.8) is 0 Å².